The fraction of sp³-hybridized carbons (Fsp3) is 0.533. The number of methoxy groups -OCH3 is 2. The predicted molar refractivity (Wildman–Crippen MR) is 80.0 cm³/mol. The largest absolute Gasteiger partial charge is 0.493 e. The minimum atomic E-state index is -0.324. The first-order valence-electron chi connectivity index (χ1n) is 7.10. The van der Waals surface area contributed by atoms with Crippen LogP contribution in [-0.2, 0) is 0 Å². The molecular weight excluding hydrogens is 272 g/mol. The second-order valence-corrected chi connectivity index (χ2v) is 5.16. The Kier molecular flexibility index (Phi) is 5.27. The van der Waals surface area contributed by atoms with Gasteiger partial charge in [-0.1, -0.05) is 6.07 Å². The zero-order chi connectivity index (χ0) is 15.2. The van der Waals surface area contributed by atoms with Crippen molar-refractivity contribution in [1.29, 1.82) is 0 Å². The Bertz CT molecular complexity index is 493. The molecule has 0 unspecified atom stereocenters. The summed E-state index contributed by atoms with van der Waals surface area (Å²) in [5, 5.41) is 15.3. The summed E-state index contributed by atoms with van der Waals surface area (Å²) in [6.07, 6.45) is 2.90. The van der Waals surface area contributed by atoms with Crippen LogP contribution in [0, 0.1) is 0 Å². The first-order chi connectivity index (χ1) is 10.1. The maximum Gasteiger partial charge on any atom is 0.319 e. The van der Waals surface area contributed by atoms with Crippen LogP contribution in [-0.4, -0.2) is 37.5 Å². The third-order valence-electron chi connectivity index (χ3n) is 3.63. The summed E-state index contributed by atoms with van der Waals surface area (Å²) in [4.78, 5) is 12.1. The van der Waals surface area contributed by atoms with E-state index in [0.29, 0.717) is 23.6 Å². The zero-order valence-electron chi connectivity index (χ0n) is 12.4. The number of hydrogen-bond donors (Lipinski definition) is 3. The molecule has 0 aromatic heterocycles. The van der Waals surface area contributed by atoms with E-state index in [4.69, 9.17) is 9.47 Å². The van der Waals surface area contributed by atoms with Crippen LogP contribution in [0.4, 0.5) is 10.5 Å². The number of hydrogen-bond acceptors (Lipinski definition) is 4. The van der Waals surface area contributed by atoms with Gasteiger partial charge in [-0.2, -0.15) is 0 Å². The summed E-state index contributed by atoms with van der Waals surface area (Å²) in [5.74, 6) is 1.04. The van der Waals surface area contributed by atoms with Crippen molar-refractivity contribution in [3.05, 3.63) is 18.2 Å². The number of ether oxygens (including phenoxy) is 2. The molecule has 1 fully saturated rings. The van der Waals surface area contributed by atoms with Gasteiger partial charge in [0.15, 0.2) is 11.5 Å². The number of urea groups is 1. The number of benzene rings is 1. The fourth-order valence-corrected chi connectivity index (χ4v) is 2.62. The number of aliphatic hydroxyl groups excluding tert-OH is 1. The quantitative estimate of drug-likeness (QED) is 0.794. The summed E-state index contributed by atoms with van der Waals surface area (Å²) in [5.41, 5.74) is 0.547. The molecule has 2 amide bonds. The van der Waals surface area contributed by atoms with Gasteiger partial charge in [-0.25, -0.2) is 4.79 Å². The second-order valence-electron chi connectivity index (χ2n) is 5.16. The number of aliphatic hydroxyl groups is 1. The van der Waals surface area contributed by atoms with Crippen LogP contribution >= 0.6 is 0 Å². The molecule has 1 aromatic rings. The van der Waals surface area contributed by atoms with Crippen molar-refractivity contribution in [3.63, 3.8) is 0 Å². The molecule has 3 N–H and O–H groups in total. The molecule has 0 aliphatic heterocycles. The first-order valence-corrected chi connectivity index (χ1v) is 7.10. The molecule has 0 spiro atoms. The molecule has 1 aromatic carbocycles. The van der Waals surface area contributed by atoms with Gasteiger partial charge >= 0.3 is 6.03 Å². The highest BCUT2D eigenvalue weighted by atomic mass is 16.5. The average molecular weight is 294 g/mol. The van der Waals surface area contributed by atoms with Crippen LogP contribution in [0.2, 0.25) is 0 Å². The number of para-hydroxylation sites is 1. The van der Waals surface area contributed by atoms with Crippen molar-refractivity contribution in [3.8, 4) is 11.5 Å². The Morgan fingerprint density at radius 1 is 1.29 bits per heavy atom. The molecule has 2 rings (SSSR count). The molecule has 1 aliphatic rings. The Hall–Kier alpha value is -1.95. The lowest BCUT2D eigenvalue weighted by Crippen LogP contribution is -2.41. The minimum Gasteiger partial charge on any atom is -0.493 e. The third kappa shape index (κ3) is 4.01. The van der Waals surface area contributed by atoms with E-state index in [1.165, 1.54) is 7.11 Å². The van der Waals surface area contributed by atoms with Crippen molar-refractivity contribution < 1.29 is 19.4 Å². The molecule has 1 aliphatic carbocycles. The first kappa shape index (κ1) is 15.4. The molecule has 0 heterocycles. The van der Waals surface area contributed by atoms with Crippen LogP contribution in [0.5, 0.6) is 11.5 Å². The Labute approximate surface area is 124 Å². The molecule has 1 saturated carbocycles. The van der Waals surface area contributed by atoms with E-state index < -0.39 is 0 Å². The molecule has 6 nitrogen and oxygen atoms in total. The molecule has 116 valence electrons. The SMILES string of the molecule is COc1cccc(NC(=O)N[C@H]2CCC[C@H](O)C2)c1OC. The topological polar surface area (TPSA) is 79.8 Å². The summed E-state index contributed by atoms with van der Waals surface area (Å²) in [6, 6.07) is 4.99. The van der Waals surface area contributed by atoms with E-state index in [-0.39, 0.29) is 18.2 Å². The van der Waals surface area contributed by atoms with Gasteiger partial charge in [-0.05, 0) is 37.8 Å². The lowest BCUT2D eigenvalue weighted by molar-refractivity contribution is 0.114. The highest BCUT2D eigenvalue weighted by Gasteiger charge is 2.22. The van der Waals surface area contributed by atoms with Crippen molar-refractivity contribution in [2.45, 2.75) is 37.8 Å². The number of carbonyl (C=O) groups is 1. The van der Waals surface area contributed by atoms with E-state index in [9.17, 15) is 9.90 Å². The number of amides is 2. The second kappa shape index (κ2) is 7.17. The highest BCUT2D eigenvalue weighted by molar-refractivity contribution is 5.91. The monoisotopic (exact) mass is 294 g/mol. The number of nitrogens with one attached hydrogen (secondary N) is 2. The van der Waals surface area contributed by atoms with E-state index >= 15 is 0 Å². The van der Waals surface area contributed by atoms with E-state index in [0.717, 1.165) is 19.3 Å². The molecule has 0 saturated heterocycles. The molecule has 2 atom stereocenters. The van der Waals surface area contributed by atoms with E-state index in [1.807, 2.05) is 0 Å². The van der Waals surface area contributed by atoms with Crippen LogP contribution in [0.1, 0.15) is 25.7 Å². The summed E-state index contributed by atoms with van der Waals surface area (Å²) < 4.78 is 10.5. The van der Waals surface area contributed by atoms with Gasteiger partial charge in [0.1, 0.15) is 0 Å². The third-order valence-corrected chi connectivity index (χ3v) is 3.63. The molecule has 6 heteroatoms. The van der Waals surface area contributed by atoms with E-state index in [2.05, 4.69) is 10.6 Å². The number of rotatable bonds is 4. The van der Waals surface area contributed by atoms with E-state index in [1.54, 1.807) is 25.3 Å². The Morgan fingerprint density at radius 3 is 2.76 bits per heavy atom. The van der Waals surface area contributed by atoms with Crippen molar-refractivity contribution in [2.24, 2.45) is 0 Å². The number of anilines is 1. The standard InChI is InChI=1S/C15H22N2O4/c1-20-13-8-4-7-12(14(13)21-2)17-15(19)16-10-5-3-6-11(18)9-10/h4,7-8,10-11,18H,3,5-6,9H2,1-2H3,(H2,16,17,19)/t10-,11-/m0/s1. The summed E-state index contributed by atoms with van der Waals surface area (Å²) in [6.45, 7) is 0. The van der Waals surface area contributed by atoms with Gasteiger partial charge < -0.3 is 25.2 Å². The molecule has 0 bridgehead atoms. The van der Waals surface area contributed by atoms with Gasteiger partial charge in [-0.15, -0.1) is 0 Å². The highest BCUT2D eigenvalue weighted by Crippen LogP contribution is 2.34. The van der Waals surface area contributed by atoms with Crippen LogP contribution in [0.25, 0.3) is 0 Å². The van der Waals surface area contributed by atoms with Gasteiger partial charge in [0.05, 0.1) is 26.0 Å². The molecule has 21 heavy (non-hydrogen) atoms. The van der Waals surface area contributed by atoms with Gasteiger partial charge in [0, 0.05) is 6.04 Å². The van der Waals surface area contributed by atoms with Gasteiger partial charge in [0.25, 0.3) is 0 Å². The van der Waals surface area contributed by atoms with Gasteiger partial charge in [0.2, 0.25) is 0 Å². The average Bonchev–Trinajstić information content (AvgIpc) is 2.46. The summed E-state index contributed by atoms with van der Waals surface area (Å²) >= 11 is 0. The van der Waals surface area contributed by atoms with Crippen LogP contribution < -0.4 is 20.1 Å². The normalized spacial score (nSPS) is 21.5. The molecular formula is C15H22N2O4. The fourth-order valence-electron chi connectivity index (χ4n) is 2.62. The Balaban J connectivity index is 1.99. The van der Waals surface area contributed by atoms with Gasteiger partial charge in [-0.3, -0.25) is 0 Å². The maximum atomic E-state index is 12.1. The van der Waals surface area contributed by atoms with Crippen LogP contribution in [0.15, 0.2) is 18.2 Å². The number of carbonyl (C=O) groups excluding carboxylic acids is 1. The van der Waals surface area contributed by atoms with Crippen molar-refractivity contribution in [1.82, 2.24) is 5.32 Å². The lowest BCUT2D eigenvalue weighted by atomic mass is 9.93. The zero-order valence-corrected chi connectivity index (χ0v) is 12.4. The van der Waals surface area contributed by atoms with Crippen LogP contribution in [0.3, 0.4) is 0 Å². The minimum absolute atomic E-state index is 0.00496. The van der Waals surface area contributed by atoms with Crippen molar-refractivity contribution in [2.75, 3.05) is 19.5 Å². The summed E-state index contributed by atoms with van der Waals surface area (Å²) in [7, 11) is 3.07. The smallest absolute Gasteiger partial charge is 0.319 e. The lowest BCUT2D eigenvalue weighted by Gasteiger charge is -2.26. The predicted octanol–water partition coefficient (Wildman–Crippen LogP) is 2.13. The maximum absolute atomic E-state index is 12.1. The molecule has 0 radical (unpaired) electrons. The Morgan fingerprint density at radius 2 is 2.10 bits per heavy atom. The van der Waals surface area contributed by atoms with Crippen molar-refractivity contribution >= 4 is 11.7 Å².